The van der Waals surface area contributed by atoms with Crippen LogP contribution in [0.2, 0.25) is 0 Å². The van der Waals surface area contributed by atoms with Gasteiger partial charge in [0.2, 0.25) is 0 Å². The van der Waals surface area contributed by atoms with Crippen molar-refractivity contribution in [3.63, 3.8) is 0 Å². The number of hydrogen-bond acceptors (Lipinski definition) is 0. The molecule has 0 aromatic rings. The van der Waals surface area contributed by atoms with Crippen molar-refractivity contribution in [1.82, 2.24) is 0 Å². The normalized spacial score (nSPS) is 15.5. The van der Waals surface area contributed by atoms with E-state index in [1.165, 1.54) is 50.3 Å². The second-order valence-corrected chi connectivity index (χ2v) is 9.75. The Kier molecular flexibility index (Phi) is 12.5. The van der Waals surface area contributed by atoms with Crippen molar-refractivity contribution in [2.45, 2.75) is 39.5 Å². The van der Waals surface area contributed by atoms with E-state index < -0.39 is 0 Å². The van der Waals surface area contributed by atoms with Crippen LogP contribution in [0.3, 0.4) is 0 Å². The minimum absolute atomic E-state index is 0.292. The molecular formula is C14H30P2. The Bertz CT molecular complexity index is 148. The van der Waals surface area contributed by atoms with Crippen molar-refractivity contribution >= 4 is 15.8 Å². The molecule has 0 amide bonds. The van der Waals surface area contributed by atoms with E-state index in [1.807, 2.05) is 0 Å². The largest absolute Gasteiger partial charge is 0.106 e. The van der Waals surface area contributed by atoms with Crippen molar-refractivity contribution in [2.24, 2.45) is 0 Å². The Labute approximate surface area is 106 Å². The summed E-state index contributed by atoms with van der Waals surface area (Å²) in [6.45, 7) is 9.47. The molecule has 2 atom stereocenters. The number of rotatable bonds is 10. The standard InChI is InChI=1S/C14H30P2/c1-5-7-11-15(3)13-9-10-14-16(4)12-8-6-2/h9-10H,5-8,11-14H2,1-4H3. The van der Waals surface area contributed by atoms with Gasteiger partial charge in [0.05, 0.1) is 0 Å². The van der Waals surface area contributed by atoms with Crippen LogP contribution in [0.4, 0.5) is 0 Å². The summed E-state index contributed by atoms with van der Waals surface area (Å²) in [5, 5.41) is 0. The fourth-order valence-corrected chi connectivity index (χ4v) is 4.64. The van der Waals surface area contributed by atoms with Crippen molar-refractivity contribution < 1.29 is 0 Å². The van der Waals surface area contributed by atoms with E-state index in [9.17, 15) is 0 Å². The van der Waals surface area contributed by atoms with Gasteiger partial charge in [0, 0.05) is 0 Å². The molecule has 2 heteroatoms. The van der Waals surface area contributed by atoms with Crippen LogP contribution in [0.5, 0.6) is 0 Å². The Morgan fingerprint density at radius 2 is 1.12 bits per heavy atom. The van der Waals surface area contributed by atoms with Gasteiger partial charge in [-0.1, -0.05) is 38.8 Å². The fourth-order valence-electron chi connectivity index (χ4n) is 1.55. The van der Waals surface area contributed by atoms with Gasteiger partial charge >= 0.3 is 0 Å². The topological polar surface area (TPSA) is 0 Å². The summed E-state index contributed by atoms with van der Waals surface area (Å²) in [5.41, 5.74) is 0. The average molecular weight is 260 g/mol. The smallest absolute Gasteiger partial charge is 0.0147 e. The van der Waals surface area contributed by atoms with E-state index in [2.05, 4.69) is 39.3 Å². The summed E-state index contributed by atoms with van der Waals surface area (Å²) < 4.78 is 0. The lowest BCUT2D eigenvalue weighted by Gasteiger charge is -2.09. The van der Waals surface area contributed by atoms with Crippen LogP contribution in [-0.2, 0) is 0 Å². The monoisotopic (exact) mass is 260 g/mol. The quantitative estimate of drug-likeness (QED) is 0.366. The maximum Gasteiger partial charge on any atom is -0.0147 e. The predicted octanol–water partition coefficient (Wildman–Crippen LogP) is 5.37. The highest BCUT2D eigenvalue weighted by Crippen LogP contribution is 2.33. The molecule has 0 nitrogen and oxygen atoms in total. The lowest BCUT2D eigenvalue weighted by atomic mass is 10.4. The summed E-state index contributed by atoms with van der Waals surface area (Å²) in [6, 6.07) is 0. The van der Waals surface area contributed by atoms with E-state index in [0.29, 0.717) is 15.8 Å². The van der Waals surface area contributed by atoms with Crippen LogP contribution in [0, 0.1) is 0 Å². The molecule has 2 unspecified atom stereocenters. The second kappa shape index (κ2) is 12.1. The molecular weight excluding hydrogens is 230 g/mol. The second-order valence-electron chi connectivity index (χ2n) is 4.70. The summed E-state index contributed by atoms with van der Waals surface area (Å²) in [5.74, 6) is 0. The Morgan fingerprint density at radius 1 is 0.750 bits per heavy atom. The van der Waals surface area contributed by atoms with Crippen LogP contribution >= 0.6 is 15.8 Å². The molecule has 0 fully saturated rings. The first-order valence-corrected chi connectivity index (χ1v) is 11.0. The summed E-state index contributed by atoms with van der Waals surface area (Å²) >= 11 is 0. The summed E-state index contributed by atoms with van der Waals surface area (Å²) in [6.07, 6.45) is 16.1. The van der Waals surface area contributed by atoms with Gasteiger partial charge in [0.15, 0.2) is 0 Å². The lowest BCUT2D eigenvalue weighted by molar-refractivity contribution is 0.891. The highest BCUT2D eigenvalue weighted by molar-refractivity contribution is 7.57. The van der Waals surface area contributed by atoms with Crippen LogP contribution in [0.15, 0.2) is 12.2 Å². The van der Waals surface area contributed by atoms with E-state index >= 15 is 0 Å². The zero-order chi connectivity index (χ0) is 12.2. The molecule has 0 aliphatic carbocycles. The minimum atomic E-state index is 0.292. The molecule has 0 aromatic carbocycles. The predicted molar refractivity (Wildman–Crippen MR) is 84.1 cm³/mol. The molecule has 0 aliphatic rings. The van der Waals surface area contributed by atoms with Gasteiger partial charge in [-0.05, 0) is 50.8 Å². The van der Waals surface area contributed by atoms with E-state index in [0.717, 1.165) is 0 Å². The molecule has 0 radical (unpaired) electrons. The van der Waals surface area contributed by atoms with Crippen LogP contribution in [0.1, 0.15) is 39.5 Å². The van der Waals surface area contributed by atoms with Gasteiger partial charge < -0.3 is 0 Å². The molecule has 96 valence electrons. The maximum atomic E-state index is 2.45. The highest BCUT2D eigenvalue weighted by atomic mass is 31.1. The first-order valence-electron chi connectivity index (χ1n) is 6.72. The van der Waals surface area contributed by atoms with Gasteiger partial charge in [-0.15, -0.1) is 15.8 Å². The van der Waals surface area contributed by atoms with Crippen molar-refractivity contribution in [3.05, 3.63) is 12.2 Å². The Hall–Kier alpha value is 0.600. The molecule has 0 aliphatic heterocycles. The molecule has 0 spiro atoms. The number of allylic oxidation sites excluding steroid dienone is 2. The van der Waals surface area contributed by atoms with Gasteiger partial charge in [-0.25, -0.2) is 0 Å². The number of hydrogen-bond donors (Lipinski definition) is 0. The molecule has 0 N–H and O–H groups in total. The van der Waals surface area contributed by atoms with Crippen LogP contribution in [0.25, 0.3) is 0 Å². The van der Waals surface area contributed by atoms with E-state index in [1.54, 1.807) is 0 Å². The molecule has 0 saturated heterocycles. The molecule has 16 heavy (non-hydrogen) atoms. The summed E-state index contributed by atoms with van der Waals surface area (Å²) in [7, 11) is 0.584. The first kappa shape index (κ1) is 16.6. The third-order valence-electron chi connectivity index (χ3n) is 2.79. The van der Waals surface area contributed by atoms with E-state index in [4.69, 9.17) is 0 Å². The lowest BCUT2D eigenvalue weighted by Crippen LogP contribution is -1.88. The van der Waals surface area contributed by atoms with Crippen LogP contribution < -0.4 is 0 Å². The molecule has 0 saturated carbocycles. The Morgan fingerprint density at radius 3 is 1.44 bits per heavy atom. The highest BCUT2D eigenvalue weighted by Gasteiger charge is 1.98. The summed E-state index contributed by atoms with van der Waals surface area (Å²) in [4.78, 5) is 0. The molecule has 0 aromatic heterocycles. The molecule has 0 bridgehead atoms. The van der Waals surface area contributed by atoms with E-state index in [-0.39, 0.29) is 0 Å². The van der Waals surface area contributed by atoms with Crippen LogP contribution in [-0.4, -0.2) is 38.0 Å². The van der Waals surface area contributed by atoms with Gasteiger partial charge in [-0.3, -0.25) is 0 Å². The van der Waals surface area contributed by atoms with Crippen molar-refractivity contribution in [2.75, 3.05) is 38.0 Å². The average Bonchev–Trinajstić information content (AvgIpc) is 2.29. The molecule has 0 heterocycles. The Balaban J connectivity index is 3.45. The fraction of sp³-hybridized carbons (Fsp3) is 0.857. The first-order chi connectivity index (χ1) is 7.70. The van der Waals surface area contributed by atoms with Crippen molar-refractivity contribution in [3.8, 4) is 0 Å². The van der Waals surface area contributed by atoms with Gasteiger partial charge in [0.1, 0.15) is 0 Å². The zero-order valence-corrected chi connectivity index (χ0v) is 13.5. The minimum Gasteiger partial charge on any atom is -0.106 e. The number of unbranched alkanes of at least 4 members (excludes halogenated alkanes) is 2. The third-order valence-corrected chi connectivity index (χ3v) is 6.62. The molecule has 0 rings (SSSR count). The van der Waals surface area contributed by atoms with Gasteiger partial charge in [0.25, 0.3) is 0 Å². The SMILES string of the molecule is CCCCP(C)CC=CCP(C)CCCC. The zero-order valence-electron chi connectivity index (χ0n) is 11.7. The van der Waals surface area contributed by atoms with Gasteiger partial charge in [-0.2, -0.15) is 0 Å². The maximum absolute atomic E-state index is 2.45. The third kappa shape index (κ3) is 11.1. The van der Waals surface area contributed by atoms with Crippen molar-refractivity contribution in [1.29, 1.82) is 0 Å².